The van der Waals surface area contributed by atoms with E-state index in [1.54, 1.807) is 0 Å². The maximum absolute atomic E-state index is 12.5. The summed E-state index contributed by atoms with van der Waals surface area (Å²) in [7, 11) is 0. The smallest absolute Gasteiger partial charge is 0.271 e. The van der Waals surface area contributed by atoms with Crippen LogP contribution in [-0.2, 0) is 0 Å². The molecule has 24 heavy (non-hydrogen) atoms. The molecule has 0 unspecified atom stereocenters. The second-order valence-corrected chi connectivity index (χ2v) is 6.02. The van der Waals surface area contributed by atoms with E-state index < -0.39 is 0 Å². The third-order valence-corrected chi connectivity index (χ3v) is 4.12. The van der Waals surface area contributed by atoms with Crippen molar-refractivity contribution in [2.24, 2.45) is 0 Å². The highest BCUT2D eigenvalue weighted by molar-refractivity contribution is 7.80. The minimum absolute atomic E-state index is 0.199. The normalized spacial score (nSPS) is 13.4. The molecule has 1 fully saturated rings. The van der Waals surface area contributed by atoms with Gasteiger partial charge in [0.15, 0.2) is 5.11 Å². The summed E-state index contributed by atoms with van der Waals surface area (Å²) in [5.41, 5.74) is 7.89. The molecule has 6 heteroatoms. The highest BCUT2D eigenvalue weighted by Gasteiger charge is 2.18. The van der Waals surface area contributed by atoms with E-state index in [2.05, 4.69) is 21.1 Å². The van der Waals surface area contributed by atoms with Gasteiger partial charge in [-0.3, -0.25) is 15.6 Å². The van der Waals surface area contributed by atoms with Crippen molar-refractivity contribution in [2.45, 2.75) is 12.8 Å². The van der Waals surface area contributed by atoms with Crippen molar-refractivity contribution in [3.63, 3.8) is 0 Å². The van der Waals surface area contributed by atoms with Crippen LogP contribution in [0.15, 0.2) is 54.6 Å². The number of thiocarbonyl (C=S) groups is 1. The number of hydrazine groups is 1. The molecule has 1 aliphatic heterocycles. The molecular formula is C18H20N4OS. The Hall–Kier alpha value is -2.60. The number of anilines is 2. The molecule has 0 spiro atoms. The Labute approximate surface area is 147 Å². The quantitative estimate of drug-likeness (QED) is 0.592. The van der Waals surface area contributed by atoms with Crippen molar-refractivity contribution >= 4 is 34.6 Å². The van der Waals surface area contributed by atoms with Crippen molar-refractivity contribution in [1.29, 1.82) is 0 Å². The molecule has 0 aliphatic carbocycles. The van der Waals surface area contributed by atoms with Gasteiger partial charge < -0.3 is 10.2 Å². The van der Waals surface area contributed by atoms with E-state index in [0.29, 0.717) is 10.7 Å². The Morgan fingerprint density at radius 1 is 0.917 bits per heavy atom. The van der Waals surface area contributed by atoms with E-state index in [-0.39, 0.29) is 5.91 Å². The highest BCUT2D eigenvalue weighted by Crippen LogP contribution is 2.24. The Morgan fingerprint density at radius 2 is 1.58 bits per heavy atom. The van der Waals surface area contributed by atoms with Crippen molar-refractivity contribution in [2.75, 3.05) is 23.3 Å². The molecule has 2 aromatic carbocycles. The summed E-state index contributed by atoms with van der Waals surface area (Å²) in [6.45, 7) is 1.98. The van der Waals surface area contributed by atoms with Gasteiger partial charge in [0.1, 0.15) is 0 Å². The first-order valence-electron chi connectivity index (χ1n) is 8.00. The lowest BCUT2D eigenvalue weighted by Crippen LogP contribution is -2.44. The molecule has 1 heterocycles. The molecule has 124 valence electrons. The van der Waals surface area contributed by atoms with Gasteiger partial charge in [0.2, 0.25) is 0 Å². The molecule has 0 aromatic heterocycles. The average Bonchev–Trinajstić information content (AvgIpc) is 3.15. The van der Waals surface area contributed by atoms with Crippen LogP contribution in [0.25, 0.3) is 0 Å². The Kier molecular flexibility index (Phi) is 5.28. The number of nitrogens with zero attached hydrogens (tertiary/aromatic N) is 1. The topological polar surface area (TPSA) is 56.4 Å². The van der Waals surface area contributed by atoms with Gasteiger partial charge in [-0.05, 0) is 49.3 Å². The minimum Gasteiger partial charge on any atom is -0.371 e. The van der Waals surface area contributed by atoms with Gasteiger partial charge in [-0.1, -0.05) is 30.3 Å². The molecule has 5 nitrogen and oxygen atoms in total. The zero-order chi connectivity index (χ0) is 16.8. The summed E-state index contributed by atoms with van der Waals surface area (Å²) in [6.07, 6.45) is 2.33. The largest absolute Gasteiger partial charge is 0.371 e. The number of carbonyl (C=O) groups excluding carboxylic acids is 1. The van der Waals surface area contributed by atoms with Crippen molar-refractivity contribution in [1.82, 2.24) is 10.9 Å². The van der Waals surface area contributed by atoms with Crippen LogP contribution in [0.5, 0.6) is 0 Å². The lowest BCUT2D eigenvalue weighted by atomic mass is 10.1. The standard InChI is InChI=1S/C18H20N4OS/c23-17(20-21-18(24)19-14-8-2-1-3-9-14)15-10-4-5-11-16(15)22-12-6-7-13-22/h1-5,8-11H,6-7,12-13H2,(H,20,23)(H2,19,21,24). The van der Waals surface area contributed by atoms with Gasteiger partial charge in [0, 0.05) is 24.5 Å². The summed E-state index contributed by atoms with van der Waals surface area (Å²) in [5.74, 6) is -0.199. The van der Waals surface area contributed by atoms with Crippen LogP contribution in [0, 0.1) is 0 Å². The summed E-state index contributed by atoms with van der Waals surface area (Å²) < 4.78 is 0. The van der Waals surface area contributed by atoms with Crippen molar-refractivity contribution in [3.05, 3.63) is 60.2 Å². The number of para-hydroxylation sites is 2. The van der Waals surface area contributed by atoms with Gasteiger partial charge in [-0.25, -0.2) is 0 Å². The predicted molar refractivity (Wildman–Crippen MR) is 101 cm³/mol. The van der Waals surface area contributed by atoms with Crippen LogP contribution in [0.2, 0.25) is 0 Å². The maximum atomic E-state index is 12.5. The van der Waals surface area contributed by atoms with Gasteiger partial charge in [0.25, 0.3) is 5.91 Å². The molecule has 0 radical (unpaired) electrons. The van der Waals surface area contributed by atoms with Crippen LogP contribution in [0.1, 0.15) is 23.2 Å². The third kappa shape index (κ3) is 4.02. The number of nitrogens with one attached hydrogen (secondary N) is 3. The minimum atomic E-state index is -0.199. The lowest BCUT2D eigenvalue weighted by Gasteiger charge is -2.21. The SMILES string of the molecule is O=C(NNC(=S)Nc1ccccc1)c1ccccc1N1CCCC1. The Bertz CT molecular complexity index is 714. The van der Waals surface area contributed by atoms with Gasteiger partial charge >= 0.3 is 0 Å². The van der Waals surface area contributed by atoms with E-state index in [1.807, 2.05) is 54.6 Å². The summed E-state index contributed by atoms with van der Waals surface area (Å²) in [6, 6.07) is 17.2. The molecular weight excluding hydrogens is 320 g/mol. The fraction of sp³-hybridized carbons (Fsp3) is 0.222. The van der Waals surface area contributed by atoms with Gasteiger partial charge in [-0.15, -0.1) is 0 Å². The Morgan fingerprint density at radius 3 is 2.33 bits per heavy atom. The van der Waals surface area contributed by atoms with E-state index >= 15 is 0 Å². The molecule has 0 saturated carbocycles. The zero-order valence-electron chi connectivity index (χ0n) is 13.3. The van der Waals surface area contributed by atoms with Crippen LogP contribution < -0.4 is 21.1 Å². The van der Waals surface area contributed by atoms with Gasteiger partial charge in [0.05, 0.1) is 5.56 Å². The summed E-state index contributed by atoms with van der Waals surface area (Å²) in [4.78, 5) is 14.7. The Balaban J connectivity index is 1.60. The summed E-state index contributed by atoms with van der Waals surface area (Å²) >= 11 is 5.20. The van der Waals surface area contributed by atoms with Crippen molar-refractivity contribution in [3.8, 4) is 0 Å². The molecule has 0 atom stereocenters. The van der Waals surface area contributed by atoms with E-state index in [1.165, 1.54) is 12.8 Å². The van der Waals surface area contributed by atoms with Crippen LogP contribution in [0.4, 0.5) is 11.4 Å². The van der Waals surface area contributed by atoms with E-state index in [4.69, 9.17) is 12.2 Å². The first kappa shape index (κ1) is 16.3. The fourth-order valence-corrected chi connectivity index (χ4v) is 2.93. The van der Waals surface area contributed by atoms with Crippen LogP contribution in [0.3, 0.4) is 0 Å². The number of rotatable bonds is 3. The maximum Gasteiger partial charge on any atom is 0.271 e. The molecule has 3 N–H and O–H groups in total. The molecule has 1 aliphatic rings. The molecule has 0 bridgehead atoms. The third-order valence-electron chi connectivity index (χ3n) is 3.92. The number of hydrogen-bond acceptors (Lipinski definition) is 3. The average molecular weight is 340 g/mol. The number of carbonyl (C=O) groups is 1. The van der Waals surface area contributed by atoms with Crippen molar-refractivity contribution < 1.29 is 4.79 Å². The first-order valence-corrected chi connectivity index (χ1v) is 8.41. The second kappa shape index (κ2) is 7.79. The number of amides is 1. The monoisotopic (exact) mass is 340 g/mol. The molecule has 3 rings (SSSR count). The first-order chi connectivity index (χ1) is 11.7. The lowest BCUT2D eigenvalue weighted by molar-refractivity contribution is 0.0944. The fourth-order valence-electron chi connectivity index (χ4n) is 2.76. The van der Waals surface area contributed by atoms with Crippen LogP contribution in [-0.4, -0.2) is 24.1 Å². The highest BCUT2D eigenvalue weighted by atomic mass is 32.1. The zero-order valence-corrected chi connectivity index (χ0v) is 14.1. The van der Waals surface area contributed by atoms with Crippen LogP contribution >= 0.6 is 12.2 Å². The van der Waals surface area contributed by atoms with Gasteiger partial charge in [-0.2, -0.15) is 0 Å². The van der Waals surface area contributed by atoms with E-state index in [9.17, 15) is 4.79 Å². The summed E-state index contributed by atoms with van der Waals surface area (Å²) in [5, 5.41) is 3.35. The number of hydrogen-bond donors (Lipinski definition) is 3. The van der Waals surface area contributed by atoms with E-state index in [0.717, 1.165) is 24.5 Å². The number of benzene rings is 2. The predicted octanol–water partition coefficient (Wildman–Crippen LogP) is 2.92. The molecule has 2 aromatic rings. The molecule has 1 amide bonds. The second-order valence-electron chi connectivity index (χ2n) is 5.61. The molecule has 1 saturated heterocycles.